The molecule has 3 aromatic rings. The molecular weight excluding hydrogens is 392 g/mol. The standard InChI is InChI=1S/C27H27F2NO/c28-23-12-8-21(9-13-23)27(22-10-14-24(29)15-11-22)7-4-18-30-19-16-26(17-20-30)31-25-5-2-1-3-6-25/h1-3,5-6,8-16,27H,4,7,17-20H2. The molecule has 0 N–H and O–H groups in total. The number of ether oxygens (including phenoxy) is 1. The van der Waals surface area contributed by atoms with Crippen molar-refractivity contribution in [3.8, 4) is 5.75 Å². The molecule has 0 spiro atoms. The maximum absolute atomic E-state index is 13.4. The van der Waals surface area contributed by atoms with E-state index in [1.165, 1.54) is 24.3 Å². The minimum Gasteiger partial charge on any atom is -0.462 e. The van der Waals surface area contributed by atoms with Crippen LogP contribution in [-0.2, 0) is 0 Å². The lowest BCUT2D eigenvalue weighted by molar-refractivity contribution is 0.256. The summed E-state index contributed by atoms with van der Waals surface area (Å²) in [6.45, 7) is 2.82. The van der Waals surface area contributed by atoms with Gasteiger partial charge in [-0.1, -0.05) is 42.5 Å². The van der Waals surface area contributed by atoms with Gasteiger partial charge in [0.05, 0.1) is 0 Å². The van der Waals surface area contributed by atoms with E-state index in [4.69, 9.17) is 4.74 Å². The highest BCUT2D eigenvalue weighted by Gasteiger charge is 2.17. The van der Waals surface area contributed by atoms with Crippen LogP contribution in [0.2, 0.25) is 0 Å². The fourth-order valence-electron chi connectivity index (χ4n) is 4.06. The highest BCUT2D eigenvalue weighted by molar-refractivity contribution is 5.32. The smallest absolute Gasteiger partial charge is 0.126 e. The molecule has 0 bridgehead atoms. The van der Waals surface area contributed by atoms with Crippen LogP contribution in [0.25, 0.3) is 0 Å². The Morgan fingerprint density at radius 1 is 0.806 bits per heavy atom. The SMILES string of the molecule is Fc1ccc(C(CCCN2CC=C(Oc3ccccc3)CC2)c2ccc(F)cc2)cc1. The fourth-order valence-corrected chi connectivity index (χ4v) is 4.06. The van der Waals surface area contributed by atoms with Gasteiger partial charge in [-0.3, -0.25) is 4.90 Å². The van der Waals surface area contributed by atoms with Crippen LogP contribution in [0.5, 0.6) is 5.75 Å². The van der Waals surface area contributed by atoms with Gasteiger partial charge in [0.1, 0.15) is 23.1 Å². The molecule has 4 rings (SSSR count). The molecule has 0 saturated carbocycles. The minimum absolute atomic E-state index is 0.124. The predicted molar refractivity (Wildman–Crippen MR) is 120 cm³/mol. The Bertz CT molecular complexity index is 939. The highest BCUT2D eigenvalue weighted by Crippen LogP contribution is 2.30. The second kappa shape index (κ2) is 10.4. The number of hydrogen-bond donors (Lipinski definition) is 0. The summed E-state index contributed by atoms with van der Waals surface area (Å²) < 4.78 is 32.7. The average molecular weight is 420 g/mol. The van der Waals surface area contributed by atoms with Crippen LogP contribution in [0, 0.1) is 11.6 Å². The number of para-hydroxylation sites is 1. The first-order chi connectivity index (χ1) is 15.2. The molecule has 1 aliphatic heterocycles. The van der Waals surface area contributed by atoms with E-state index in [-0.39, 0.29) is 17.6 Å². The van der Waals surface area contributed by atoms with Gasteiger partial charge in [-0.25, -0.2) is 8.78 Å². The first-order valence-corrected chi connectivity index (χ1v) is 10.8. The molecule has 0 saturated heterocycles. The van der Waals surface area contributed by atoms with E-state index < -0.39 is 0 Å². The van der Waals surface area contributed by atoms with Gasteiger partial charge in [-0.05, 0) is 73.0 Å². The monoisotopic (exact) mass is 419 g/mol. The van der Waals surface area contributed by atoms with Crippen molar-refractivity contribution in [2.45, 2.75) is 25.2 Å². The van der Waals surface area contributed by atoms with Gasteiger partial charge in [0.15, 0.2) is 0 Å². The number of halogens is 2. The summed E-state index contributed by atoms with van der Waals surface area (Å²) in [5.74, 6) is 1.55. The van der Waals surface area contributed by atoms with Crippen molar-refractivity contribution in [2.24, 2.45) is 0 Å². The first kappa shape index (κ1) is 21.3. The van der Waals surface area contributed by atoms with Crippen molar-refractivity contribution >= 4 is 0 Å². The third-order valence-corrected chi connectivity index (χ3v) is 5.76. The summed E-state index contributed by atoms with van der Waals surface area (Å²) in [4.78, 5) is 2.42. The van der Waals surface area contributed by atoms with Gasteiger partial charge >= 0.3 is 0 Å². The second-order valence-electron chi connectivity index (χ2n) is 7.93. The van der Waals surface area contributed by atoms with Gasteiger partial charge < -0.3 is 4.74 Å². The minimum atomic E-state index is -0.241. The van der Waals surface area contributed by atoms with Crippen molar-refractivity contribution in [1.29, 1.82) is 0 Å². The molecule has 0 radical (unpaired) electrons. The summed E-state index contributed by atoms with van der Waals surface area (Å²) in [6.07, 6.45) is 4.98. The molecule has 1 aliphatic rings. The number of hydrogen-bond acceptors (Lipinski definition) is 2. The highest BCUT2D eigenvalue weighted by atomic mass is 19.1. The Morgan fingerprint density at radius 2 is 1.42 bits per heavy atom. The number of rotatable bonds is 8. The summed E-state index contributed by atoms with van der Waals surface area (Å²) in [7, 11) is 0. The third kappa shape index (κ3) is 6.02. The van der Waals surface area contributed by atoms with Crippen LogP contribution in [0.3, 0.4) is 0 Å². The van der Waals surface area contributed by atoms with Crippen molar-refractivity contribution in [3.05, 3.63) is 113 Å². The Morgan fingerprint density at radius 3 is 1.97 bits per heavy atom. The van der Waals surface area contributed by atoms with Crippen LogP contribution in [0.15, 0.2) is 90.7 Å². The topological polar surface area (TPSA) is 12.5 Å². The van der Waals surface area contributed by atoms with Gasteiger partial charge in [-0.15, -0.1) is 0 Å². The van der Waals surface area contributed by atoms with E-state index >= 15 is 0 Å². The molecule has 3 aromatic carbocycles. The van der Waals surface area contributed by atoms with Crippen LogP contribution >= 0.6 is 0 Å². The van der Waals surface area contributed by atoms with Crippen molar-refractivity contribution < 1.29 is 13.5 Å². The molecule has 2 nitrogen and oxygen atoms in total. The van der Waals surface area contributed by atoms with E-state index in [2.05, 4.69) is 11.0 Å². The van der Waals surface area contributed by atoms with Crippen LogP contribution in [0.4, 0.5) is 8.78 Å². The molecular formula is C27H27F2NO. The molecule has 0 atom stereocenters. The average Bonchev–Trinajstić information content (AvgIpc) is 2.80. The second-order valence-corrected chi connectivity index (χ2v) is 7.93. The molecule has 0 fully saturated rings. The lowest BCUT2D eigenvalue weighted by atomic mass is 9.87. The molecule has 0 aliphatic carbocycles. The molecule has 0 amide bonds. The van der Waals surface area contributed by atoms with Crippen molar-refractivity contribution in [2.75, 3.05) is 19.6 Å². The van der Waals surface area contributed by atoms with Gasteiger partial charge in [0.2, 0.25) is 0 Å². The zero-order valence-electron chi connectivity index (χ0n) is 17.5. The summed E-state index contributed by atoms with van der Waals surface area (Å²) in [5.41, 5.74) is 2.12. The van der Waals surface area contributed by atoms with Gasteiger partial charge in [-0.2, -0.15) is 0 Å². The Kier molecular flexibility index (Phi) is 7.11. The quantitative estimate of drug-likeness (QED) is 0.411. The molecule has 1 heterocycles. The molecule has 0 aromatic heterocycles. The summed E-state index contributed by atoms with van der Waals surface area (Å²) >= 11 is 0. The molecule has 0 unspecified atom stereocenters. The fraction of sp³-hybridized carbons (Fsp3) is 0.259. The zero-order chi connectivity index (χ0) is 21.5. The summed E-state index contributed by atoms with van der Waals surface area (Å²) in [5, 5.41) is 0. The maximum Gasteiger partial charge on any atom is 0.126 e. The number of benzene rings is 3. The van der Waals surface area contributed by atoms with E-state index in [1.807, 2.05) is 54.6 Å². The lowest BCUT2D eigenvalue weighted by Gasteiger charge is -2.27. The summed E-state index contributed by atoms with van der Waals surface area (Å²) in [6, 6.07) is 23.2. The molecule has 31 heavy (non-hydrogen) atoms. The van der Waals surface area contributed by atoms with Gasteiger partial charge in [0.25, 0.3) is 0 Å². The van der Waals surface area contributed by atoms with Crippen LogP contribution < -0.4 is 4.74 Å². The number of nitrogens with zero attached hydrogens (tertiary/aromatic N) is 1. The Labute approximate surface area is 182 Å². The van der Waals surface area contributed by atoms with E-state index in [1.54, 1.807) is 0 Å². The Balaban J connectivity index is 1.34. The third-order valence-electron chi connectivity index (χ3n) is 5.76. The molecule has 4 heteroatoms. The van der Waals surface area contributed by atoms with Crippen molar-refractivity contribution in [1.82, 2.24) is 4.90 Å². The lowest BCUT2D eigenvalue weighted by Crippen LogP contribution is -2.30. The van der Waals surface area contributed by atoms with E-state index in [0.717, 1.165) is 61.5 Å². The maximum atomic E-state index is 13.4. The van der Waals surface area contributed by atoms with Crippen LogP contribution in [-0.4, -0.2) is 24.5 Å². The van der Waals surface area contributed by atoms with Crippen LogP contribution in [0.1, 0.15) is 36.3 Å². The normalized spacial score (nSPS) is 14.5. The predicted octanol–water partition coefficient (Wildman–Crippen LogP) is 6.55. The van der Waals surface area contributed by atoms with E-state index in [0.29, 0.717) is 0 Å². The first-order valence-electron chi connectivity index (χ1n) is 10.8. The van der Waals surface area contributed by atoms with Crippen molar-refractivity contribution in [3.63, 3.8) is 0 Å². The Hall–Kier alpha value is -2.98. The largest absolute Gasteiger partial charge is 0.462 e. The van der Waals surface area contributed by atoms with E-state index in [9.17, 15) is 8.78 Å². The molecule has 160 valence electrons. The van der Waals surface area contributed by atoms with Gasteiger partial charge in [0, 0.05) is 25.4 Å². The zero-order valence-corrected chi connectivity index (χ0v) is 17.5.